The fourth-order valence-electron chi connectivity index (χ4n) is 3.51. The summed E-state index contributed by atoms with van der Waals surface area (Å²) in [6, 6.07) is 4.24. The van der Waals surface area contributed by atoms with E-state index in [4.69, 9.17) is 9.47 Å². The smallest absolute Gasteiger partial charge is 0.224 e. The molecule has 1 fully saturated rings. The van der Waals surface area contributed by atoms with E-state index >= 15 is 0 Å². The lowest BCUT2D eigenvalue weighted by Gasteiger charge is -2.21. The summed E-state index contributed by atoms with van der Waals surface area (Å²) in [6.45, 7) is 0.688. The van der Waals surface area contributed by atoms with Gasteiger partial charge in [-0.2, -0.15) is 9.61 Å². The quantitative estimate of drug-likeness (QED) is 0.552. The zero-order valence-electron chi connectivity index (χ0n) is 16.6. The van der Waals surface area contributed by atoms with Crippen LogP contribution in [0.3, 0.4) is 0 Å². The maximum Gasteiger partial charge on any atom is 0.224 e. The highest BCUT2D eigenvalue weighted by Crippen LogP contribution is 2.40. The van der Waals surface area contributed by atoms with Crippen LogP contribution in [0, 0.1) is 11.7 Å². The Morgan fingerprint density at radius 1 is 1.26 bits per heavy atom. The van der Waals surface area contributed by atoms with Crippen molar-refractivity contribution < 1.29 is 23.0 Å². The summed E-state index contributed by atoms with van der Waals surface area (Å²) in [6.07, 6.45) is 1.11. The van der Waals surface area contributed by atoms with Crippen LogP contribution in [0.5, 0.6) is 11.5 Å². The van der Waals surface area contributed by atoms with Crippen molar-refractivity contribution >= 4 is 34.6 Å². The Morgan fingerprint density at radius 2 is 2.06 bits per heavy atom. The van der Waals surface area contributed by atoms with Crippen LogP contribution in [0.15, 0.2) is 24.4 Å². The van der Waals surface area contributed by atoms with Crippen LogP contribution in [0.25, 0.3) is 5.65 Å². The number of nitrogens with zero attached hydrogens (tertiary/aromatic N) is 3. The predicted octanol–water partition coefficient (Wildman–Crippen LogP) is 3.11. The zero-order chi connectivity index (χ0) is 21.5. The molecule has 0 unspecified atom stereocenters. The topological polar surface area (TPSA) is 102 Å². The minimum Gasteiger partial charge on any atom is -0.486 e. The first kappa shape index (κ1) is 19.3. The van der Waals surface area contributed by atoms with Gasteiger partial charge in [0.25, 0.3) is 0 Å². The van der Waals surface area contributed by atoms with Crippen molar-refractivity contribution in [1.82, 2.24) is 14.6 Å². The Bertz CT molecular complexity index is 1170. The van der Waals surface area contributed by atoms with Crippen molar-refractivity contribution in [3.8, 4) is 11.5 Å². The van der Waals surface area contributed by atoms with E-state index in [2.05, 4.69) is 26.0 Å². The summed E-state index contributed by atoms with van der Waals surface area (Å²) in [5.74, 6) is 0.671. The lowest BCUT2D eigenvalue weighted by Crippen LogP contribution is -2.17. The summed E-state index contributed by atoms with van der Waals surface area (Å²) < 4.78 is 39.8. The molecule has 2 aliphatic rings. The molecule has 1 amide bonds. The third-order valence-corrected chi connectivity index (χ3v) is 5.16. The highest BCUT2D eigenvalue weighted by molar-refractivity contribution is 5.95. The first-order valence-electron chi connectivity index (χ1n) is 9.88. The molecule has 0 spiro atoms. The van der Waals surface area contributed by atoms with Gasteiger partial charge in [-0.1, -0.05) is 0 Å². The van der Waals surface area contributed by atoms with E-state index in [0.29, 0.717) is 59.8 Å². The lowest BCUT2D eigenvalue weighted by molar-refractivity contribution is -0.116. The number of hydrogen-bond acceptors (Lipinski definition) is 7. The molecule has 162 valence electrons. The van der Waals surface area contributed by atoms with E-state index < -0.39 is 12.0 Å². The highest BCUT2D eigenvalue weighted by atomic mass is 19.1. The van der Waals surface area contributed by atoms with Crippen LogP contribution in [0.1, 0.15) is 12.8 Å². The molecule has 1 saturated carbocycles. The molecule has 0 saturated heterocycles. The summed E-state index contributed by atoms with van der Waals surface area (Å²) in [5, 5.41) is 13.1. The second-order valence-electron chi connectivity index (χ2n) is 7.44. The maximum atomic E-state index is 14.1. The largest absolute Gasteiger partial charge is 0.486 e. The van der Waals surface area contributed by atoms with Gasteiger partial charge in [0.05, 0.1) is 11.9 Å². The van der Waals surface area contributed by atoms with Crippen molar-refractivity contribution in [3.05, 3.63) is 30.2 Å². The molecule has 5 rings (SSSR count). The fourth-order valence-corrected chi connectivity index (χ4v) is 3.51. The van der Waals surface area contributed by atoms with Gasteiger partial charge in [-0.05, 0) is 6.42 Å². The minimum atomic E-state index is -0.900. The van der Waals surface area contributed by atoms with E-state index in [1.807, 2.05) is 0 Å². The number of halogens is 2. The number of aromatic nitrogens is 3. The predicted molar refractivity (Wildman–Crippen MR) is 109 cm³/mol. The Morgan fingerprint density at radius 3 is 2.84 bits per heavy atom. The number of ether oxygens (including phenoxy) is 2. The van der Waals surface area contributed by atoms with E-state index in [1.165, 1.54) is 22.8 Å². The SMILES string of the molecule is CNc1cc(Nc2cc(F)cc3c2OCCO3)nc2c(NC(=O)C[C@@H]3C[C@H]3F)cnn12. The van der Waals surface area contributed by atoms with Gasteiger partial charge in [0.2, 0.25) is 5.91 Å². The highest BCUT2D eigenvalue weighted by Gasteiger charge is 2.38. The van der Waals surface area contributed by atoms with Gasteiger partial charge in [0, 0.05) is 37.6 Å². The molecule has 1 aliphatic carbocycles. The van der Waals surface area contributed by atoms with Gasteiger partial charge in [0.15, 0.2) is 17.1 Å². The van der Waals surface area contributed by atoms with E-state index in [1.54, 1.807) is 13.1 Å². The molecule has 0 radical (unpaired) electrons. The molecule has 3 aromatic rings. The number of anilines is 4. The molecule has 3 heterocycles. The first-order valence-corrected chi connectivity index (χ1v) is 9.88. The average Bonchev–Trinajstić information content (AvgIpc) is 3.29. The monoisotopic (exact) mass is 430 g/mol. The summed E-state index contributed by atoms with van der Waals surface area (Å²) in [7, 11) is 1.72. The van der Waals surface area contributed by atoms with Crippen molar-refractivity contribution in [1.29, 1.82) is 0 Å². The van der Waals surface area contributed by atoms with Crippen molar-refractivity contribution in [3.63, 3.8) is 0 Å². The third-order valence-electron chi connectivity index (χ3n) is 5.16. The second kappa shape index (κ2) is 7.56. The van der Waals surface area contributed by atoms with E-state index in [9.17, 15) is 13.6 Å². The number of benzene rings is 1. The van der Waals surface area contributed by atoms with Crippen LogP contribution in [0.2, 0.25) is 0 Å². The van der Waals surface area contributed by atoms with Gasteiger partial charge in [0.1, 0.15) is 42.5 Å². The van der Waals surface area contributed by atoms with Gasteiger partial charge < -0.3 is 25.4 Å². The Balaban J connectivity index is 1.47. The summed E-state index contributed by atoms with van der Waals surface area (Å²) in [5.41, 5.74) is 1.13. The lowest BCUT2D eigenvalue weighted by atomic mass is 10.2. The number of alkyl halides is 1. The van der Waals surface area contributed by atoms with Crippen LogP contribution in [-0.4, -0.2) is 46.9 Å². The van der Waals surface area contributed by atoms with Crippen LogP contribution >= 0.6 is 0 Å². The van der Waals surface area contributed by atoms with E-state index in [-0.39, 0.29) is 18.2 Å². The number of fused-ring (bicyclic) bond motifs is 2. The standard InChI is InChI=1S/C20H20F2N6O3/c1-23-17-8-16(25-13-6-11(21)7-15-19(13)31-3-2-30-15)27-20-14(9-24-28(17)20)26-18(29)5-10-4-12(10)22/h6-10,12,23H,2-5H2,1H3,(H,25,27)(H,26,29)/t10-,12+/m0/s1. The first-order chi connectivity index (χ1) is 15.0. The minimum absolute atomic E-state index is 0.113. The molecule has 9 nitrogen and oxygen atoms in total. The molecule has 2 aromatic heterocycles. The fraction of sp³-hybridized carbons (Fsp3) is 0.350. The molecule has 1 aromatic carbocycles. The molecular weight excluding hydrogens is 410 g/mol. The van der Waals surface area contributed by atoms with Crippen molar-refractivity contribution in [2.45, 2.75) is 19.0 Å². The molecule has 1 aliphatic heterocycles. The van der Waals surface area contributed by atoms with Crippen LogP contribution in [0.4, 0.5) is 31.8 Å². The number of carbonyl (C=O) groups excluding carboxylic acids is 1. The molecule has 2 atom stereocenters. The van der Waals surface area contributed by atoms with Crippen LogP contribution < -0.4 is 25.4 Å². The third kappa shape index (κ3) is 3.78. The van der Waals surface area contributed by atoms with Crippen molar-refractivity contribution in [2.24, 2.45) is 5.92 Å². The Kier molecular flexibility index (Phi) is 4.72. The molecule has 3 N–H and O–H groups in total. The molecular formula is C20H20F2N6O3. The van der Waals surface area contributed by atoms with Gasteiger partial charge in [-0.3, -0.25) is 4.79 Å². The van der Waals surface area contributed by atoms with Gasteiger partial charge in [-0.25, -0.2) is 13.8 Å². The number of carbonyl (C=O) groups is 1. The normalized spacial score (nSPS) is 19.2. The second-order valence-corrected chi connectivity index (χ2v) is 7.44. The average molecular weight is 430 g/mol. The molecule has 31 heavy (non-hydrogen) atoms. The Hall–Kier alpha value is -3.63. The molecule has 11 heteroatoms. The maximum absolute atomic E-state index is 14.1. The summed E-state index contributed by atoms with van der Waals surface area (Å²) in [4.78, 5) is 16.8. The number of hydrogen-bond donors (Lipinski definition) is 3. The number of amides is 1. The van der Waals surface area contributed by atoms with Gasteiger partial charge >= 0.3 is 0 Å². The number of nitrogens with one attached hydrogen (secondary N) is 3. The zero-order valence-corrected chi connectivity index (χ0v) is 16.6. The Labute approximate surface area is 175 Å². The molecule has 0 bridgehead atoms. The van der Waals surface area contributed by atoms with E-state index in [0.717, 1.165) is 0 Å². The van der Waals surface area contributed by atoms with Crippen LogP contribution in [-0.2, 0) is 4.79 Å². The van der Waals surface area contributed by atoms with Crippen molar-refractivity contribution in [2.75, 3.05) is 36.2 Å². The number of rotatable bonds is 6. The van der Waals surface area contributed by atoms with Gasteiger partial charge in [-0.15, -0.1) is 0 Å². The summed E-state index contributed by atoms with van der Waals surface area (Å²) >= 11 is 0.